The van der Waals surface area contributed by atoms with Crippen LogP contribution in [0.15, 0.2) is 0 Å². The minimum Gasteiger partial charge on any atom is -0.393 e. The molecule has 4 heteroatoms. The zero-order valence-electron chi connectivity index (χ0n) is 11.2. The Labute approximate surface area is 111 Å². The van der Waals surface area contributed by atoms with Crippen molar-refractivity contribution in [3.05, 3.63) is 0 Å². The van der Waals surface area contributed by atoms with Crippen molar-refractivity contribution >= 4 is 17.2 Å². The molecule has 1 aliphatic heterocycles. The Kier molecular flexibility index (Phi) is 7.00. The summed E-state index contributed by atoms with van der Waals surface area (Å²) < 4.78 is 5.79. The summed E-state index contributed by atoms with van der Waals surface area (Å²) in [6.07, 6.45) is 4.94. The van der Waals surface area contributed by atoms with E-state index in [9.17, 15) is 0 Å². The summed E-state index contributed by atoms with van der Waals surface area (Å²) in [5.41, 5.74) is 5.58. The van der Waals surface area contributed by atoms with Crippen LogP contribution in [-0.4, -0.2) is 42.2 Å². The maximum absolute atomic E-state index is 5.79. The van der Waals surface area contributed by atoms with Gasteiger partial charge in [0.15, 0.2) is 0 Å². The van der Waals surface area contributed by atoms with Crippen LogP contribution >= 0.6 is 12.2 Å². The van der Waals surface area contributed by atoms with Crippen molar-refractivity contribution in [2.24, 2.45) is 11.7 Å². The Morgan fingerprint density at radius 3 is 2.76 bits per heavy atom. The fourth-order valence-corrected chi connectivity index (χ4v) is 2.37. The van der Waals surface area contributed by atoms with E-state index in [1.165, 1.54) is 19.3 Å². The van der Waals surface area contributed by atoms with Gasteiger partial charge in [0.05, 0.1) is 11.1 Å². The van der Waals surface area contributed by atoms with E-state index in [1.807, 2.05) is 0 Å². The highest BCUT2D eigenvalue weighted by Gasteiger charge is 2.18. The quantitative estimate of drug-likeness (QED) is 0.711. The minimum atomic E-state index is 0.411. The number of hydrogen-bond acceptors (Lipinski definition) is 3. The van der Waals surface area contributed by atoms with Crippen molar-refractivity contribution in [1.29, 1.82) is 0 Å². The van der Waals surface area contributed by atoms with E-state index in [0.29, 0.717) is 17.0 Å². The maximum Gasteiger partial charge on any atom is 0.0740 e. The molecule has 0 aromatic carbocycles. The van der Waals surface area contributed by atoms with Crippen LogP contribution in [-0.2, 0) is 4.74 Å². The molecule has 17 heavy (non-hydrogen) atoms. The Hall–Kier alpha value is -0.190. The summed E-state index contributed by atoms with van der Waals surface area (Å²) in [6.45, 7) is 8.51. The Morgan fingerprint density at radius 1 is 1.47 bits per heavy atom. The zero-order valence-corrected chi connectivity index (χ0v) is 12.0. The molecule has 100 valence electrons. The highest BCUT2D eigenvalue weighted by Crippen LogP contribution is 2.14. The van der Waals surface area contributed by atoms with E-state index >= 15 is 0 Å². The van der Waals surface area contributed by atoms with Crippen LogP contribution in [0.3, 0.4) is 0 Å². The average molecular weight is 258 g/mol. The molecule has 0 aromatic rings. The zero-order chi connectivity index (χ0) is 12.7. The van der Waals surface area contributed by atoms with E-state index in [1.54, 1.807) is 0 Å². The van der Waals surface area contributed by atoms with Gasteiger partial charge in [0.25, 0.3) is 0 Å². The van der Waals surface area contributed by atoms with Crippen molar-refractivity contribution in [2.75, 3.05) is 26.2 Å². The van der Waals surface area contributed by atoms with Crippen molar-refractivity contribution < 1.29 is 4.74 Å². The summed E-state index contributed by atoms with van der Waals surface area (Å²) in [4.78, 5) is 3.06. The molecular formula is C13H26N2OS. The molecule has 0 saturated carbocycles. The second kappa shape index (κ2) is 8.01. The minimum absolute atomic E-state index is 0.411. The number of rotatable bonds is 7. The first-order chi connectivity index (χ1) is 8.08. The number of nitrogens with two attached hydrogens (primary N) is 1. The summed E-state index contributed by atoms with van der Waals surface area (Å²) >= 11 is 4.95. The first-order valence-corrected chi connectivity index (χ1v) is 7.11. The van der Waals surface area contributed by atoms with Crippen LogP contribution in [0.2, 0.25) is 0 Å². The van der Waals surface area contributed by atoms with E-state index in [-0.39, 0.29) is 0 Å². The van der Waals surface area contributed by atoms with Crippen molar-refractivity contribution in [2.45, 2.75) is 45.6 Å². The lowest BCUT2D eigenvalue weighted by atomic mass is 10.1. The first kappa shape index (κ1) is 14.9. The van der Waals surface area contributed by atoms with Crippen molar-refractivity contribution in [1.82, 2.24) is 4.90 Å². The highest BCUT2D eigenvalue weighted by atomic mass is 32.1. The molecule has 1 atom stereocenters. The largest absolute Gasteiger partial charge is 0.393 e. The molecule has 1 aliphatic rings. The van der Waals surface area contributed by atoms with Crippen LogP contribution in [0.1, 0.15) is 39.5 Å². The fraction of sp³-hybridized carbons (Fsp3) is 0.923. The van der Waals surface area contributed by atoms with Gasteiger partial charge in [-0.2, -0.15) is 0 Å². The van der Waals surface area contributed by atoms with Gasteiger partial charge in [0, 0.05) is 32.7 Å². The molecule has 2 N–H and O–H groups in total. The van der Waals surface area contributed by atoms with Gasteiger partial charge >= 0.3 is 0 Å². The second-order valence-electron chi connectivity index (χ2n) is 5.36. The van der Waals surface area contributed by atoms with Gasteiger partial charge < -0.3 is 15.4 Å². The molecule has 1 fully saturated rings. The molecule has 1 rings (SSSR count). The Morgan fingerprint density at radius 2 is 2.24 bits per heavy atom. The van der Waals surface area contributed by atoms with Crippen LogP contribution in [0, 0.1) is 5.92 Å². The maximum atomic E-state index is 5.79. The summed E-state index contributed by atoms with van der Waals surface area (Å²) in [5, 5.41) is 0. The predicted molar refractivity (Wildman–Crippen MR) is 76.3 cm³/mol. The number of hydrogen-bond donors (Lipinski definition) is 1. The molecule has 1 saturated heterocycles. The van der Waals surface area contributed by atoms with E-state index in [2.05, 4.69) is 18.7 Å². The third-order valence-corrected chi connectivity index (χ3v) is 3.24. The molecular weight excluding hydrogens is 232 g/mol. The molecule has 1 heterocycles. The molecule has 3 nitrogen and oxygen atoms in total. The van der Waals surface area contributed by atoms with Gasteiger partial charge in [-0.15, -0.1) is 0 Å². The summed E-state index contributed by atoms with van der Waals surface area (Å²) in [6, 6.07) is 0. The normalized spacial score (nSPS) is 21.1. The molecule has 0 spiro atoms. The summed E-state index contributed by atoms with van der Waals surface area (Å²) in [5.74, 6) is 0.671. The van der Waals surface area contributed by atoms with E-state index < -0.39 is 0 Å². The Bertz CT molecular complexity index is 227. The second-order valence-corrected chi connectivity index (χ2v) is 5.88. The van der Waals surface area contributed by atoms with Crippen LogP contribution < -0.4 is 5.73 Å². The van der Waals surface area contributed by atoms with Crippen LogP contribution in [0.4, 0.5) is 0 Å². The lowest BCUT2D eigenvalue weighted by molar-refractivity contribution is -0.00695. The van der Waals surface area contributed by atoms with Gasteiger partial charge in [0.2, 0.25) is 0 Å². The average Bonchev–Trinajstić information content (AvgIpc) is 2.26. The molecule has 0 aliphatic carbocycles. The molecule has 0 bridgehead atoms. The van der Waals surface area contributed by atoms with E-state index in [4.69, 9.17) is 22.7 Å². The highest BCUT2D eigenvalue weighted by molar-refractivity contribution is 7.80. The van der Waals surface area contributed by atoms with Gasteiger partial charge in [-0.3, -0.25) is 0 Å². The smallest absolute Gasteiger partial charge is 0.0740 e. The molecule has 1 unspecified atom stereocenters. The third-order valence-electron chi connectivity index (χ3n) is 3.03. The lowest BCUT2D eigenvalue weighted by Crippen LogP contribution is -2.39. The predicted octanol–water partition coefficient (Wildman–Crippen LogP) is 2.19. The van der Waals surface area contributed by atoms with Crippen molar-refractivity contribution in [3.8, 4) is 0 Å². The van der Waals surface area contributed by atoms with Crippen LogP contribution in [0.25, 0.3) is 0 Å². The van der Waals surface area contributed by atoms with Gasteiger partial charge in [-0.25, -0.2) is 0 Å². The SMILES string of the molecule is CC(C)CN(CCC(N)=S)CC1CCCCO1. The van der Waals surface area contributed by atoms with Gasteiger partial charge in [-0.1, -0.05) is 26.1 Å². The fourth-order valence-electron chi connectivity index (χ4n) is 2.28. The van der Waals surface area contributed by atoms with Crippen molar-refractivity contribution in [3.63, 3.8) is 0 Å². The molecule has 0 radical (unpaired) electrons. The molecule has 0 amide bonds. The van der Waals surface area contributed by atoms with Gasteiger partial charge in [-0.05, 0) is 25.2 Å². The molecule has 0 aromatic heterocycles. The standard InChI is InChI=1S/C13H26N2OS/c1-11(2)9-15(7-6-13(14)17)10-12-5-3-4-8-16-12/h11-12H,3-10H2,1-2H3,(H2,14,17). The monoisotopic (exact) mass is 258 g/mol. The number of nitrogens with zero attached hydrogens (tertiary/aromatic N) is 1. The third kappa shape index (κ3) is 6.96. The van der Waals surface area contributed by atoms with E-state index in [0.717, 1.165) is 32.7 Å². The van der Waals surface area contributed by atoms with Crippen LogP contribution in [0.5, 0.6) is 0 Å². The lowest BCUT2D eigenvalue weighted by Gasteiger charge is -2.30. The number of ether oxygens (including phenoxy) is 1. The van der Waals surface area contributed by atoms with Gasteiger partial charge in [0.1, 0.15) is 0 Å². The number of thiocarbonyl (C=S) groups is 1. The topological polar surface area (TPSA) is 38.5 Å². The first-order valence-electron chi connectivity index (χ1n) is 6.70. The Balaban J connectivity index is 2.35. The summed E-state index contributed by atoms with van der Waals surface area (Å²) in [7, 11) is 0.